The summed E-state index contributed by atoms with van der Waals surface area (Å²) < 4.78 is 18.6. The monoisotopic (exact) mass is 264 g/mol. The van der Waals surface area contributed by atoms with E-state index >= 15 is 0 Å². The van der Waals surface area contributed by atoms with Gasteiger partial charge in [-0.15, -0.1) is 0 Å². The first-order valence-corrected chi connectivity index (χ1v) is 5.92. The minimum absolute atomic E-state index is 0.266. The van der Waals surface area contributed by atoms with Gasteiger partial charge in [0.1, 0.15) is 5.82 Å². The quantitative estimate of drug-likeness (QED) is 0.857. The molecular formula is C13H10ClFN2O. The van der Waals surface area contributed by atoms with Crippen molar-refractivity contribution < 1.29 is 9.13 Å². The standard InChI is InChI=1S/C13H10ClFN2O/c14-9-2-1-3-11-13(9)18-12(7-17-11)10-5-4-8(15)6-16-10/h1-6,12,17H,7H2. The number of aromatic nitrogens is 1. The highest BCUT2D eigenvalue weighted by molar-refractivity contribution is 6.32. The van der Waals surface area contributed by atoms with Crippen LogP contribution in [0.15, 0.2) is 36.5 Å². The van der Waals surface area contributed by atoms with Crippen molar-refractivity contribution in [2.75, 3.05) is 11.9 Å². The van der Waals surface area contributed by atoms with Gasteiger partial charge in [0.15, 0.2) is 11.9 Å². The fourth-order valence-corrected chi connectivity index (χ4v) is 2.12. The van der Waals surface area contributed by atoms with Crippen molar-refractivity contribution in [2.45, 2.75) is 6.10 Å². The van der Waals surface area contributed by atoms with Gasteiger partial charge >= 0.3 is 0 Å². The van der Waals surface area contributed by atoms with E-state index in [0.29, 0.717) is 23.0 Å². The molecule has 0 aliphatic carbocycles. The maximum atomic E-state index is 12.8. The van der Waals surface area contributed by atoms with Crippen LogP contribution in [0.25, 0.3) is 0 Å². The lowest BCUT2D eigenvalue weighted by molar-refractivity contribution is 0.205. The predicted molar refractivity (Wildman–Crippen MR) is 67.5 cm³/mol. The van der Waals surface area contributed by atoms with Gasteiger partial charge in [-0.2, -0.15) is 0 Å². The van der Waals surface area contributed by atoms with Gasteiger partial charge in [0, 0.05) is 0 Å². The molecule has 1 atom stereocenters. The van der Waals surface area contributed by atoms with Crippen LogP contribution in [0.1, 0.15) is 11.8 Å². The van der Waals surface area contributed by atoms with Crippen molar-refractivity contribution >= 4 is 17.3 Å². The van der Waals surface area contributed by atoms with Crippen molar-refractivity contribution in [1.82, 2.24) is 4.98 Å². The fraction of sp³-hybridized carbons (Fsp3) is 0.154. The summed E-state index contributed by atoms with van der Waals surface area (Å²) in [5, 5.41) is 3.77. The van der Waals surface area contributed by atoms with Crippen LogP contribution in [0.4, 0.5) is 10.1 Å². The van der Waals surface area contributed by atoms with Gasteiger partial charge in [0.2, 0.25) is 0 Å². The minimum atomic E-state index is -0.360. The zero-order chi connectivity index (χ0) is 12.5. The zero-order valence-electron chi connectivity index (χ0n) is 9.36. The number of rotatable bonds is 1. The van der Waals surface area contributed by atoms with E-state index in [4.69, 9.17) is 16.3 Å². The van der Waals surface area contributed by atoms with E-state index in [9.17, 15) is 4.39 Å². The second-order valence-electron chi connectivity index (χ2n) is 4.01. The Morgan fingerprint density at radius 2 is 2.22 bits per heavy atom. The van der Waals surface area contributed by atoms with Crippen molar-refractivity contribution in [3.8, 4) is 5.75 Å². The topological polar surface area (TPSA) is 34.1 Å². The summed E-state index contributed by atoms with van der Waals surface area (Å²) in [6.07, 6.45) is 0.916. The van der Waals surface area contributed by atoms with Crippen LogP contribution in [0.2, 0.25) is 5.02 Å². The van der Waals surface area contributed by atoms with Crippen LogP contribution in [-0.2, 0) is 0 Å². The van der Waals surface area contributed by atoms with E-state index in [1.807, 2.05) is 12.1 Å². The Bertz CT molecular complexity index is 574. The van der Waals surface area contributed by atoms with Gasteiger partial charge in [0.05, 0.1) is 29.1 Å². The second kappa shape index (κ2) is 4.46. The fourth-order valence-electron chi connectivity index (χ4n) is 1.90. The highest BCUT2D eigenvalue weighted by Gasteiger charge is 2.23. The molecular weight excluding hydrogens is 255 g/mol. The van der Waals surface area contributed by atoms with Crippen LogP contribution in [0.5, 0.6) is 5.75 Å². The summed E-state index contributed by atoms with van der Waals surface area (Å²) >= 11 is 6.07. The molecule has 1 aromatic carbocycles. The van der Waals surface area contributed by atoms with Crippen LogP contribution >= 0.6 is 11.6 Å². The van der Waals surface area contributed by atoms with Crippen molar-refractivity contribution in [3.05, 3.63) is 53.1 Å². The summed E-state index contributed by atoms with van der Waals surface area (Å²) in [7, 11) is 0. The highest BCUT2D eigenvalue weighted by Crippen LogP contribution is 2.39. The molecule has 0 amide bonds. The second-order valence-corrected chi connectivity index (χ2v) is 4.41. The van der Waals surface area contributed by atoms with E-state index in [1.165, 1.54) is 12.3 Å². The van der Waals surface area contributed by atoms with Crippen molar-refractivity contribution in [1.29, 1.82) is 0 Å². The van der Waals surface area contributed by atoms with E-state index in [0.717, 1.165) is 5.69 Å². The molecule has 1 N–H and O–H groups in total. The predicted octanol–water partition coefficient (Wildman–Crippen LogP) is 3.42. The Morgan fingerprint density at radius 1 is 1.33 bits per heavy atom. The van der Waals surface area contributed by atoms with Gasteiger partial charge in [0.25, 0.3) is 0 Å². The number of nitrogens with zero attached hydrogens (tertiary/aromatic N) is 1. The van der Waals surface area contributed by atoms with Crippen LogP contribution in [-0.4, -0.2) is 11.5 Å². The van der Waals surface area contributed by atoms with E-state index in [1.54, 1.807) is 12.1 Å². The Morgan fingerprint density at radius 3 is 3.00 bits per heavy atom. The normalized spacial score (nSPS) is 17.6. The molecule has 1 aliphatic heterocycles. The molecule has 1 aromatic heterocycles. The number of halogens is 2. The number of nitrogens with one attached hydrogen (secondary N) is 1. The average molecular weight is 265 g/mol. The summed E-state index contributed by atoms with van der Waals surface area (Å²) in [4.78, 5) is 4.02. The molecule has 3 nitrogen and oxygen atoms in total. The van der Waals surface area contributed by atoms with Gasteiger partial charge in [-0.3, -0.25) is 4.98 Å². The zero-order valence-corrected chi connectivity index (χ0v) is 10.1. The lowest BCUT2D eigenvalue weighted by atomic mass is 10.1. The molecule has 1 aliphatic rings. The Kier molecular flexibility index (Phi) is 2.80. The van der Waals surface area contributed by atoms with Gasteiger partial charge in [-0.25, -0.2) is 4.39 Å². The molecule has 92 valence electrons. The minimum Gasteiger partial charge on any atom is -0.479 e. The SMILES string of the molecule is Fc1ccc(C2CNc3cccc(Cl)c3O2)nc1. The number of benzene rings is 1. The lowest BCUT2D eigenvalue weighted by Gasteiger charge is -2.27. The summed E-state index contributed by atoms with van der Waals surface area (Å²) in [5.41, 5.74) is 1.54. The van der Waals surface area contributed by atoms with Crippen LogP contribution in [0.3, 0.4) is 0 Å². The number of ether oxygens (including phenoxy) is 1. The van der Waals surface area contributed by atoms with Crippen molar-refractivity contribution in [2.24, 2.45) is 0 Å². The molecule has 2 heterocycles. The number of pyridine rings is 1. The molecule has 3 rings (SSSR count). The Balaban J connectivity index is 1.90. The van der Waals surface area contributed by atoms with Gasteiger partial charge in [-0.05, 0) is 24.3 Å². The van der Waals surface area contributed by atoms with Crippen molar-refractivity contribution in [3.63, 3.8) is 0 Å². The molecule has 0 bridgehead atoms. The van der Waals surface area contributed by atoms with E-state index in [-0.39, 0.29) is 11.9 Å². The highest BCUT2D eigenvalue weighted by atomic mass is 35.5. The van der Waals surface area contributed by atoms with Gasteiger partial charge in [-0.1, -0.05) is 17.7 Å². The number of para-hydroxylation sites is 1. The number of fused-ring (bicyclic) bond motifs is 1. The first-order chi connectivity index (χ1) is 8.74. The molecule has 5 heteroatoms. The molecule has 0 radical (unpaired) electrons. The van der Waals surface area contributed by atoms with E-state index < -0.39 is 0 Å². The van der Waals surface area contributed by atoms with Crippen LogP contribution < -0.4 is 10.1 Å². The third-order valence-electron chi connectivity index (χ3n) is 2.79. The van der Waals surface area contributed by atoms with Crippen LogP contribution in [0, 0.1) is 5.82 Å². The maximum Gasteiger partial charge on any atom is 0.162 e. The number of anilines is 1. The molecule has 0 fully saturated rings. The molecule has 0 spiro atoms. The average Bonchev–Trinajstić information content (AvgIpc) is 2.40. The maximum absolute atomic E-state index is 12.8. The molecule has 1 unspecified atom stereocenters. The molecule has 0 saturated carbocycles. The number of hydrogen-bond acceptors (Lipinski definition) is 3. The Labute approximate surface area is 109 Å². The molecule has 2 aromatic rings. The first kappa shape index (κ1) is 11.3. The third kappa shape index (κ3) is 1.99. The molecule has 18 heavy (non-hydrogen) atoms. The van der Waals surface area contributed by atoms with E-state index in [2.05, 4.69) is 10.3 Å². The largest absolute Gasteiger partial charge is 0.479 e. The van der Waals surface area contributed by atoms with Gasteiger partial charge < -0.3 is 10.1 Å². The first-order valence-electron chi connectivity index (χ1n) is 5.54. The smallest absolute Gasteiger partial charge is 0.162 e. The molecule has 0 saturated heterocycles. The number of hydrogen-bond donors (Lipinski definition) is 1. The summed E-state index contributed by atoms with van der Waals surface area (Å²) in [6, 6.07) is 8.50. The summed E-state index contributed by atoms with van der Waals surface area (Å²) in [6.45, 7) is 0.575. The third-order valence-corrected chi connectivity index (χ3v) is 3.08. The Hall–Kier alpha value is -1.81. The summed E-state index contributed by atoms with van der Waals surface area (Å²) in [5.74, 6) is 0.252. The lowest BCUT2D eigenvalue weighted by Crippen LogP contribution is -2.24.